The van der Waals surface area contributed by atoms with Gasteiger partial charge < -0.3 is 9.80 Å². The second kappa shape index (κ2) is 5.88. The van der Waals surface area contributed by atoms with Gasteiger partial charge in [-0.2, -0.15) is 17.6 Å². The molecule has 0 aliphatic carbocycles. The van der Waals surface area contributed by atoms with Gasteiger partial charge in [-0.25, -0.2) is 0 Å². The zero-order chi connectivity index (χ0) is 13.8. The van der Waals surface area contributed by atoms with Crippen molar-refractivity contribution in [3.05, 3.63) is 11.5 Å². The molecule has 3 nitrogen and oxygen atoms in total. The summed E-state index contributed by atoms with van der Waals surface area (Å²) < 4.78 is 51.3. The lowest BCUT2D eigenvalue weighted by Crippen LogP contribution is -2.38. The highest BCUT2D eigenvalue weighted by Crippen LogP contribution is 2.31. The van der Waals surface area contributed by atoms with Crippen molar-refractivity contribution in [3.63, 3.8) is 0 Å². The summed E-state index contributed by atoms with van der Waals surface area (Å²) in [6.07, 6.45) is -5.01. The third-order valence-corrected chi connectivity index (χ3v) is 2.15. The monoisotopic (exact) mass is 256 g/mol. The summed E-state index contributed by atoms with van der Waals surface area (Å²) in [7, 11) is 2.22. The number of likely N-dealkylation sites (N-methyl/N-ethyl adjacent to an activating group) is 1. The van der Waals surface area contributed by atoms with Gasteiger partial charge in [-0.3, -0.25) is 4.79 Å². The van der Waals surface area contributed by atoms with Crippen LogP contribution < -0.4 is 0 Å². The fourth-order valence-electron chi connectivity index (χ4n) is 1.22. The van der Waals surface area contributed by atoms with Gasteiger partial charge in [0.2, 0.25) is 5.95 Å². The Morgan fingerprint density at radius 3 is 1.76 bits per heavy atom. The SMILES string of the molecule is CCN(CC)C(=O)/C(=C(\F)N(C)C)C(F)(F)F. The third kappa shape index (κ3) is 3.90. The molecule has 0 aromatic rings. The summed E-state index contributed by atoms with van der Waals surface area (Å²) in [5, 5.41) is 0. The minimum atomic E-state index is -5.01. The molecule has 0 heterocycles. The highest BCUT2D eigenvalue weighted by atomic mass is 19.4. The van der Waals surface area contributed by atoms with Gasteiger partial charge in [-0.15, -0.1) is 0 Å². The molecule has 17 heavy (non-hydrogen) atoms. The number of halogens is 4. The molecular formula is C10H16F4N2O. The zero-order valence-electron chi connectivity index (χ0n) is 10.2. The molecule has 1 amide bonds. The van der Waals surface area contributed by atoms with Crippen molar-refractivity contribution < 1.29 is 22.4 Å². The fourth-order valence-corrected chi connectivity index (χ4v) is 1.22. The molecule has 0 aromatic carbocycles. The zero-order valence-corrected chi connectivity index (χ0v) is 10.2. The normalized spacial score (nSPS) is 13.2. The van der Waals surface area contributed by atoms with Crippen LogP contribution in [0.5, 0.6) is 0 Å². The van der Waals surface area contributed by atoms with E-state index in [1.807, 2.05) is 0 Å². The smallest absolute Gasteiger partial charge is 0.354 e. The van der Waals surface area contributed by atoms with Gasteiger partial charge >= 0.3 is 6.18 Å². The van der Waals surface area contributed by atoms with Gasteiger partial charge in [0.05, 0.1) is 0 Å². The van der Waals surface area contributed by atoms with E-state index in [0.29, 0.717) is 4.90 Å². The molecule has 0 radical (unpaired) electrons. The van der Waals surface area contributed by atoms with Gasteiger partial charge in [-0.1, -0.05) is 0 Å². The maximum atomic E-state index is 13.4. The van der Waals surface area contributed by atoms with E-state index in [-0.39, 0.29) is 13.1 Å². The summed E-state index contributed by atoms with van der Waals surface area (Å²) in [5.41, 5.74) is -1.76. The Kier molecular flexibility index (Phi) is 5.44. The van der Waals surface area contributed by atoms with Crippen molar-refractivity contribution in [2.75, 3.05) is 27.2 Å². The maximum absolute atomic E-state index is 13.4. The van der Waals surface area contributed by atoms with Crippen LogP contribution >= 0.6 is 0 Å². The van der Waals surface area contributed by atoms with Crippen LogP contribution in [0, 0.1) is 0 Å². The van der Waals surface area contributed by atoms with E-state index in [1.165, 1.54) is 13.8 Å². The van der Waals surface area contributed by atoms with Crippen molar-refractivity contribution in [1.82, 2.24) is 9.80 Å². The molecule has 0 atom stereocenters. The first-order chi connectivity index (χ1) is 7.66. The van der Waals surface area contributed by atoms with Crippen molar-refractivity contribution in [1.29, 1.82) is 0 Å². The Balaban J connectivity index is 5.52. The van der Waals surface area contributed by atoms with E-state index >= 15 is 0 Å². The average Bonchev–Trinajstić information content (AvgIpc) is 2.17. The molecule has 0 saturated heterocycles. The third-order valence-electron chi connectivity index (χ3n) is 2.15. The summed E-state index contributed by atoms with van der Waals surface area (Å²) in [6.45, 7) is 3.25. The highest BCUT2D eigenvalue weighted by Gasteiger charge is 2.44. The van der Waals surface area contributed by atoms with E-state index in [2.05, 4.69) is 0 Å². The Morgan fingerprint density at radius 1 is 1.12 bits per heavy atom. The number of amides is 1. The second-order valence-electron chi connectivity index (χ2n) is 3.54. The van der Waals surface area contributed by atoms with Crippen LogP contribution in [0.1, 0.15) is 13.8 Å². The van der Waals surface area contributed by atoms with Gasteiger partial charge in [0.25, 0.3) is 5.91 Å². The highest BCUT2D eigenvalue weighted by molar-refractivity contribution is 5.95. The van der Waals surface area contributed by atoms with Crippen LogP contribution in [-0.4, -0.2) is 49.1 Å². The molecule has 0 rings (SSSR count). The molecule has 0 saturated carbocycles. The Hall–Kier alpha value is -1.27. The molecule has 0 bridgehead atoms. The van der Waals surface area contributed by atoms with Gasteiger partial charge in [0.1, 0.15) is 0 Å². The Labute approximate surface area is 97.7 Å². The number of carbonyl (C=O) groups excluding carboxylic acids is 1. The maximum Gasteiger partial charge on any atom is 0.426 e. The largest absolute Gasteiger partial charge is 0.426 e. The van der Waals surface area contributed by atoms with E-state index in [9.17, 15) is 22.4 Å². The molecule has 0 aliphatic rings. The van der Waals surface area contributed by atoms with Crippen molar-refractivity contribution >= 4 is 5.91 Å². The van der Waals surface area contributed by atoms with Crippen molar-refractivity contribution in [2.45, 2.75) is 20.0 Å². The number of carbonyl (C=O) groups is 1. The van der Waals surface area contributed by atoms with E-state index in [4.69, 9.17) is 0 Å². The standard InChI is InChI=1S/C10H16F4N2O/c1-5-16(6-2)9(17)7(10(12,13)14)8(11)15(3)4/h5-6H2,1-4H3/b8-7-. The molecular weight excluding hydrogens is 240 g/mol. The number of rotatable bonds is 4. The van der Waals surface area contributed by atoms with Crippen LogP contribution in [0.2, 0.25) is 0 Å². The molecule has 100 valence electrons. The molecule has 0 aromatic heterocycles. The summed E-state index contributed by atoms with van der Waals surface area (Å²) in [5.74, 6) is -2.91. The minimum Gasteiger partial charge on any atom is -0.354 e. The fraction of sp³-hybridized carbons (Fsp3) is 0.700. The Morgan fingerprint density at radius 2 is 1.53 bits per heavy atom. The first kappa shape index (κ1) is 15.7. The molecule has 0 fully saturated rings. The number of alkyl halides is 3. The molecule has 0 unspecified atom stereocenters. The molecule has 0 aliphatic heterocycles. The van der Waals surface area contributed by atoms with Gasteiger partial charge in [0.15, 0.2) is 5.57 Å². The summed E-state index contributed by atoms with van der Waals surface area (Å²) in [4.78, 5) is 13.1. The van der Waals surface area contributed by atoms with Crippen LogP contribution in [-0.2, 0) is 4.79 Å². The van der Waals surface area contributed by atoms with Crippen LogP contribution in [0.4, 0.5) is 17.6 Å². The summed E-state index contributed by atoms with van der Waals surface area (Å²) in [6, 6.07) is 0. The quantitative estimate of drug-likeness (QED) is 0.437. The number of hydrogen-bond donors (Lipinski definition) is 0. The molecule has 0 spiro atoms. The van der Waals surface area contributed by atoms with Crippen LogP contribution in [0.15, 0.2) is 11.5 Å². The number of nitrogens with zero attached hydrogens (tertiary/aromatic N) is 2. The van der Waals surface area contributed by atoms with Crippen LogP contribution in [0.25, 0.3) is 0 Å². The minimum absolute atomic E-state index is 0.0929. The molecule has 0 N–H and O–H groups in total. The number of hydrogen-bond acceptors (Lipinski definition) is 2. The second-order valence-corrected chi connectivity index (χ2v) is 3.54. The first-order valence-electron chi connectivity index (χ1n) is 5.10. The lowest BCUT2D eigenvalue weighted by atomic mass is 10.2. The predicted molar refractivity (Wildman–Crippen MR) is 55.8 cm³/mol. The summed E-state index contributed by atoms with van der Waals surface area (Å²) >= 11 is 0. The van der Waals surface area contributed by atoms with Crippen molar-refractivity contribution in [3.8, 4) is 0 Å². The van der Waals surface area contributed by atoms with E-state index < -0.39 is 23.6 Å². The Bertz CT molecular complexity index is 306. The van der Waals surface area contributed by atoms with Gasteiger partial charge in [0, 0.05) is 27.2 Å². The lowest BCUT2D eigenvalue weighted by Gasteiger charge is -2.23. The topological polar surface area (TPSA) is 23.6 Å². The predicted octanol–water partition coefficient (Wildman–Crippen LogP) is 2.16. The molecule has 7 heteroatoms. The van der Waals surface area contributed by atoms with Crippen molar-refractivity contribution in [2.24, 2.45) is 0 Å². The average molecular weight is 256 g/mol. The van der Waals surface area contributed by atoms with E-state index in [1.54, 1.807) is 0 Å². The van der Waals surface area contributed by atoms with Crippen LogP contribution in [0.3, 0.4) is 0 Å². The lowest BCUT2D eigenvalue weighted by molar-refractivity contribution is -0.140. The van der Waals surface area contributed by atoms with Gasteiger partial charge in [-0.05, 0) is 13.8 Å². The van der Waals surface area contributed by atoms with E-state index in [0.717, 1.165) is 19.0 Å². The first-order valence-corrected chi connectivity index (χ1v) is 5.10.